The Morgan fingerprint density at radius 3 is 1.65 bits per heavy atom. The number of guanidine groups is 1. The summed E-state index contributed by atoms with van der Waals surface area (Å²) in [5, 5.41) is 81.7. The number of aromatic amines is 1. The molecule has 3 saturated heterocycles. The van der Waals surface area contributed by atoms with Crippen LogP contribution in [-0.4, -0.2) is 320 Å². The summed E-state index contributed by atoms with van der Waals surface area (Å²) >= 11 is 2.10. The number of aromatic nitrogens is 1. The molecule has 5 heterocycles. The summed E-state index contributed by atoms with van der Waals surface area (Å²) in [5.41, 5.74) is 18.8. The molecule has 130 heavy (non-hydrogen) atoms. The molecule has 8 rings (SSSR count). The van der Waals surface area contributed by atoms with Gasteiger partial charge >= 0.3 is 0 Å². The van der Waals surface area contributed by atoms with Crippen LogP contribution in [0.15, 0.2) is 84.4 Å². The monoisotopic (exact) mass is 1850 g/mol. The number of fused-ring (bicyclic) bond motifs is 4. The first-order valence-corrected chi connectivity index (χ1v) is 45.3. The highest BCUT2D eigenvalue weighted by Gasteiger charge is 2.45. The molecule has 17 amide bonds. The number of hydrogen-bond acceptors (Lipinski definition) is 24. The zero-order chi connectivity index (χ0) is 95.2. The molecule has 42 nitrogen and oxygen atoms in total. The second kappa shape index (κ2) is 49.9. The van der Waals surface area contributed by atoms with E-state index in [4.69, 9.17) is 22.6 Å². The van der Waals surface area contributed by atoms with Crippen molar-refractivity contribution < 1.29 is 102 Å². The number of para-hydroxylation sites is 1. The van der Waals surface area contributed by atoms with Crippen LogP contribution in [0, 0.1) is 5.41 Å². The Bertz CT molecular complexity index is 4880. The summed E-state index contributed by atoms with van der Waals surface area (Å²) in [6.07, 6.45) is 1.18. The number of likely N-dealkylation sites (N-methyl/N-ethyl adjacent to an activating group) is 3. The topological polar surface area (TPSA) is 637 Å². The average molecular weight is 1850 g/mol. The molecule has 3 aromatic carbocycles. The highest BCUT2D eigenvalue weighted by Crippen LogP contribution is 2.30. The predicted molar refractivity (Wildman–Crippen MR) is 479 cm³/mol. The lowest BCUT2D eigenvalue weighted by Crippen LogP contribution is -2.62. The largest absolute Gasteiger partial charge is 0.508 e. The van der Waals surface area contributed by atoms with Gasteiger partial charge in [0.05, 0.1) is 31.9 Å². The number of phenols is 1. The molecule has 0 bridgehead atoms. The molecule has 23 N–H and O–H groups in total. The van der Waals surface area contributed by atoms with Gasteiger partial charge in [-0.2, -0.15) is 0 Å². The van der Waals surface area contributed by atoms with Crippen molar-refractivity contribution >= 4 is 150 Å². The van der Waals surface area contributed by atoms with E-state index >= 15 is 24.0 Å². The number of aliphatic hydroxyl groups excluding tert-OH is 3. The van der Waals surface area contributed by atoms with Gasteiger partial charge in [0, 0.05) is 94.2 Å². The number of carbonyl (C=O) groups excluding carboxylic acids is 17. The predicted octanol–water partition coefficient (Wildman–Crippen LogP) is -3.80. The van der Waals surface area contributed by atoms with Crippen molar-refractivity contribution in [1.29, 1.82) is 5.41 Å². The van der Waals surface area contributed by atoms with E-state index in [2.05, 4.69) is 63.5 Å². The lowest BCUT2D eigenvalue weighted by molar-refractivity contribution is -0.149. The van der Waals surface area contributed by atoms with E-state index in [1.54, 1.807) is 41.9 Å². The van der Waals surface area contributed by atoms with E-state index in [-0.39, 0.29) is 96.0 Å². The summed E-state index contributed by atoms with van der Waals surface area (Å²) in [6, 6.07) is -2.34. The molecule has 3 fully saturated rings. The Kier molecular flexibility index (Phi) is 39.4. The molecular formula is C86H121N21O21S2. The molecule has 0 spiro atoms. The number of thiophene rings is 1. The molecule has 3 aliphatic rings. The third kappa shape index (κ3) is 28.5. The maximum atomic E-state index is 15.7. The highest BCUT2D eigenvalue weighted by molar-refractivity contribution is 8.00. The second-order valence-corrected chi connectivity index (χ2v) is 34.4. The second-order valence-electron chi connectivity index (χ2n) is 32.5. The molecule has 0 saturated carbocycles. The van der Waals surface area contributed by atoms with E-state index in [1.165, 1.54) is 63.7 Å². The number of rotatable bonds is 25. The molecule has 708 valence electrons. The van der Waals surface area contributed by atoms with Gasteiger partial charge in [0.1, 0.15) is 90.3 Å². The van der Waals surface area contributed by atoms with Gasteiger partial charge in [-0.3, -0.25) is 86.9 Å². The fourth-order valence-corrected chi connectivity index (χ4v) is 17.6. The molecule has 2 aromatic heterocycles. The maximum Gasteiger partial charge on any atom is 0.248 e. The number of nitrogens with two attached hydrogens (primary N) is 3. The first-order valence-electron chi connectivity index (χ1n) is 43.3. The molecule has 3 aliphatic heterocycles. The smallest absolute Gasteiger partial charge is 0.248 e. The first-order chi connectivity index (χ1) is 62.0. The fourth-order valence-electron chi connectivity index (χ4n) is 15.7. The van der Waals surface area contributed by atoms with Crippen LogP contribution in [0.25, 0.3) is 21.0 Å². The standard InChI is InChI=1S/C86H121N21O21S2/c1-7-9-22-64-78(121)95-55(21-15-32-91-86(89)90)74(117)102-63(73(116)93-41-70(88)113)45-129-46-71(114)94-58(36-48-27-29-51(111)30-28-48)81(124)103(4)47(3)72(115)98-60(39-69(87)112)83(126)106-33-16-24-65(106)79(122)96-56(31-35-108)75(118)101-62(43-110)84(127)107-34-17-25-66(107)80(123)97-57(37-49-40-92-54-20-13-11-18-52(49)54)76(119)100-61(42-109)77(120)99-59(38-50-44-130-68-26-14-12-19-53(50)68)82(125)105(6)67(23-10-8-2)85(128)104(64)5/h11-14,18-20,26-30,40,44,47,55-67,92,108-111H,7-10,15-17,21-25,31-39,41-43,45-46H2,1-6H3,(H2,87,112)(H2,88,113)(H,93,116)(H,94,114)(H,95,121)(H,96,122)(H,97,123)(H,98,115)(H,99,120)(H,100,119)(H,101,118)(H,102,117)(H4,89,90,91)/t47-,55-,56-,57-,58-,59-,60+,61-,62-,63-,64-,65-,66-,67-/m0/s1. The Balaban J connectivity index is 1.17. The number of aliphatic hydroxyl groups is 3. The van der Waals surface area contributed by atoms with Crippen LogP contribution in [0.5, 0.6) is 5.75 Å². The number of hydrogen-bond donors (Lipinski definition) is 20. The molecule has 0 unspecified atom stereocenters. The van der Waals surface area contributed by atoms with Gasteiger partial charge in [0.2, 0.25) is 100 Å². The summed E-state index contributed by atoms with van der Waals surface area (Å²) < 4.78 is 0.811. The number of amides is 17. The van der Waals surface area contributed by atoms with Gasteiger partial charge in [-0.25, -0.2) is 0 Å². The number of nitrogens with zero attached hydrogens (tertiary/aromatic N) is 5. The Hall–Kier alpha value is -12.6. The first kappa shape index (κ1) is 103. The zero-order valence-corrected chi connectivity index (χ0v) is 75.2. The van der Waals surface area contributed by atoms with Crippen LogP contribution in [0.4, 0.5) is 0 Å². The number of primary amides is 2. The number of benzene rings is 3. The SMILES string of the molecule is CCCC[C@H]1C(=O)N(C)[C@@H](CCCC)C(=O)N[C@@H](CCCNC(=N)N)C(=O)N[C@H](C(=O)NCC(N)=O)CSCC(=O)N[C@@H](Cc2ccc(O)cc2)C(=O)N(C)[C@@H](C)C(=O)N[C@H](CC(N)=O)C(=O)N2CCC[C@H]2C(=O)N[C@@H](CCO)C(=O)N[C@@H](CO)C(=O)N2CCC[C@H]2C(=O)N[C@@H](Cc2c[nH]c3ccccc23)C(=O)N[C@@H](CO)C(=O)N[C@@H](Cc2csc3ccccc23)C(=O)N1C. The van der Waals surface area contributed by atoms with E-state index < -0.39 is 242 Å². The van der Waals surface area contributed by atoms with Crippen LogP contribution in [0.2, 0.25) is 0 Å². The van der Waals surface area contributed by atoms with E-state index in [1.807, 2.05) is 32.0 Å². The molecule has 0 radical (unpaired) electrons. The number of aromatic hydroxyl groups is 1. The normalized spacial score (nSPS) is 24.6. The summed E-state index contributed by atoms with van der Waals surface area (Å²) in [6.45, 7) is 1.00. The van der Waals surface area contributed by atoms with Crippen molar-refractivity contribution in [2.45, 2.75) is 215 Å². The van der Waals surface area contributed by atoms with Gasteiger partial charge in [-0.1, -0.05) is 88.1 Å². The number of phenolic OH excluding ortho intramolecular Hbond substituents is 1. The van der Waals surface area contributed by atoms with Gasteiger partial charge in [-0.15, -0.1) is 23.1 Å². The number of thioether (sulfide) groups is 1. The number of H-pyrrole nitrogens is 1. The van der Waals surface area contributed by atoms with E-state index in [0.717, 1.165) is 41.0 Å². The van der Waals surface area contributed by atoms with Gasteiger partial charge < -0.3 is 126 Å². The van der Waals surface area contributed by atoms with Crippen molar-refractivity contribution in [1.82, 2.24) is 88.0 Å². The van der Waals surface area contributed by atoms with Gasteiger partial charge in [0.25, 0.3) is 0 Å². The number of nitrogens with one attached hydrogen (secondary N) is 13. The zero-order valence-electron chi connectivity index (χ0n) is 73.6. The third-order valence-corrected chi connectivity index (χ3v) is 25.1. The van der Waals surface area contributed by atoms with Crippen molar-refractivity contribution in [2.75, 3.05) is 78.6 Å². The average Bonchev–Trinajstić information content (AvgIpc) is 1.62. The third-order valence-electron chi connectivity index (χ3n) is 23.1. The lowest BCUT2D eigenvalue weighted by Gasteiger charge is -2.36. The van der Waals surface area contributed by atoms with Crippen LogP contribution in [0.1, 0.15) is 127 Å². The minimum atomic E-state index is -1.87. The molecule has 14 atom stereocenters. The Morgan fingerprint density at radius 2 is 1.03 bits per heavy atom. The molecule has 5 aromatic rings. The van der Waals surface area contributed by atoms with Crippen LogP contribution < -0.4 is 75.7 Å². The minimum Gasteiger partial charge on any atom is -0.508 e. The van der Waals surface area contributed by atoms with Crippen LogP contribution in [-0.2, 0) is 101 Å². The molecule has 0 aliphatic carbocycles. The van der Waals surface area contributed by atoms with Crippen molar-refractivity contribution in [3.05, 3.63) is 101 Å². The number of unbranched alkanes of at least 4 members (excludes halogenated alkanes) is 2. The summed E-state index contributed by atoms with van der Waals surface area (Å²) in [7, 11) is 3.89. The summed E-state index contributed by atoms with van der Waals surface area (Å²) in [4.78, 5) is 256. The van der Waals surface area contributed by atoms with E-state index in [9.17, 15) is 78.0 Å². The van der Waals surface area contributed by atoms with Crippen molar-refractivity contribution in [3.8, 4) is 5.75 Å². The van der Waals surface area contributed by atoms with Gasteiger partial charge in [-0.05, 0) is 116 Å². The van der Waals surface area contributed by atoms with Gasteiger partial charge in [0.15, 0.2) is 5.96 Å². The van der Waals surface area contributed by atoms with E-state index in [0.29, 0.717) is 58.7 Å². The Labute approximate surface area is 759 Å². The summed E-state index contributed by atoms with van der Waals surface area (Å²) in [5.74, 6) is -18.0. The molecule has 44 heteroatoms. The Morgan fingerprint density at radius 1 is 0.508 bits per heavy atom. The molecular weight excluding hydrogens is 1730 g/mol. The van der Waals surface area contributed by atoms with Crippen LogP contribution in [0.3, 0.4) is 0 Å². The minimum absolute atomic E-state index is 0.00228. The maximum absolute atomic E-state index is 15.7. The quantitative estimate of drug-likeness (QED) is 0.0151. The number of carbonyl (C=O) groups is 17. The van der Waals surface area contributed by atoms with Crippen molar-refractivity contribution in [3.63, 3.8) is 0 Å². The fraction of sp³-hybridized carbons (Fsp3) is 0.535. The lowest BCUT2D eigenvalue weighted by atomic mass is 10.00. The highest BCUT2D eigenvalue weighted by atomic mass is 32.2. The van der Waals surface area contributed by atoms with Crippen LogP contribution >= 0.6 is 23.1 Å². The van der Waals surface area contributed by atoms with Crippen molar-refractivity contribution in [2.24, 2.45) is 17.2 Å².